The van der Waals surface area contributed by atoms with Crippen LogP contribution in [0.15, 0.2) is 121 Å². The molecule has 1 radical (unpaired) electrons. The maximum atomic E-state index is 11.8. The number of hydrogen-bond acceptors (Lipinski definition) is 6. The van der Waals surface area contributed by atoms with E-state index in [1.165, 1.54) is 6.08 Å². The van der Waals surface area contributed by atoms with Crippen molar-refractivity contribution in [2.45, 2.75) is 0 Å². The van der Waals surface area contributed by atoms with E-state index < -0.39 is 0 Å². The molecule has 36 heavy (non-hydrogen) atoms. The van der Waals surface area contributed by atoms with Crippen molar-refractivity contribution in [2.24, 2.45) is 0 Å². The van der Waals surface area contributed by atoms with Crippen molar-refractivity contribution >= 4 is 11.5 Å². The molecule has 0 saturated carbocycles. The molecule has 0 aliphatic rings. The van der Waals surface area contributed by atoms with Gasteiger partial charge in [0.1, 0.15) is 11.6 Å². The molecule has 0 fully saturated rings. The molecule has 0 aliphatic carbocycles. The molecule has 0 amide bonds. The predicted molar refractivity (Wildman–Crippen MR) is 135 cm³/mol. The van der Waals surface area contributed by atoms with Gasteiger partial charge >= 0.3 is 0 Å². The first-order chi connectivity index (χ1) is 17.2. The Hall–Kier alpha value is -4.32. The number of carbonyl (C=O) groups excluding carboxylic acids is 1. The van der Waals surface area contributed by atoms with Gasteiger partial charge in [0.2, 0.25) is 5.82 Å². The summed E-state index contributed by atoms with van der Waals surface area (Å²) in [5.74, 6) is 0.789. The SMILES string of the molecule is O=C(/C=C(\O)c1ccccc1)c1ccccc1.[Ir].[c-]1ccccc1-c1nnc(-c2ccccc2)nn1. The summed E-state index contributed by atoms with van der Waals surface area (Å²) in [5.41, 5.74) is 2.89. The summed E-state index contributed by atoms with van der Waals surface area (Å²) in [4.78, 5) is 11.8. The molecule has 0 bridgehead atoms. The number of aliphatic hydroxyl groups excluding tert-OH is 1. The maximum absolute atomic E-state index is 11.8. The zero-order chi connectivity index (χ0) is 24.3. The number of ketones is 1. The van der Waals surface area contributed by atoms with Crippen molar-refractivity contribution in [1.29, 1.82) is 0 Å². The van der Waals surface area contributed by atoms with Crippen molar-refractivity contribution in [3.63, 3.8) is 0 Å². The van der Waals surface area contributed by atoms with Gasteiger partial charge in [-0.25, -0.2) is 0 Å². The van der Waals surface area contributed by atoms with Gasteiger partial charge in [0, 0.05) is 42.9 Å². The molecule has 7 heteroatoms. The topological polar surface area (TPSA) is 88.9 Å². The standard InChI is InChI=1S/C15H12O2.C14H9N4.Ir/c16-14(12-7-3-1-4-8-12)11-15(17)13-9-5-2-6-10-13;1-3-7-11(8-4-1)13-15-17-14(18-16-13)12-9-5-2-6-10-12;/h1-11,16H;1-9H;/q;-1;/b14-11-;;. The van der Waals surface area contributed by atoms with E-state index in [0.29, 0.717) is 22.8 Å². The van der Waals surface area contributed by atoms with Crippen molar-refractivity contribution in [1.82, 2.24) is 20.4 Å². The van der Waals surface area contributed by atoms with E-state index in [4.69, 9.17) is 0 Å². The Bertz CT molecular complexity index is 1320. The van der Waals surface area contributed by atoms with Crippen LogP contribution in [0.4, 0.5) is 0 Å². The number of aromatic nitrogens is 4. The Morgan fingerprint density at radius 3 is 1.69 bits per heavy atom. The maximum Gasteiger partial charge on any atom is 0.201 e. The predicted octanol–water partition coefficient (Wildman–Crippen LogP) is 5.87. The molecule has 5 aromatic rings. The summed E-state index contributed by atoms with van der Waals surface area (Å²) in [6, 6.07) is 38.0. The summed E-state index contributed by atoms with van der Waals surface area (Å²) >= 11 is 0. The second kappa shape index (κ2) is 13.5. The molecule has 1 aromatic heterocycles. The van der Waals surface area contributed by atoms with E-state index >= 15 is 0 Å². The third-order valence-electron chi connectivity index (χ3n) is 4.86. The molecule has 179 valence electrons. The molecule has 1 N–H and O–H groups in total. The van der Waals surface area contributed by atoms with Crippen LogP contribution in [0.2, 0.25) is 0 Å². The fraction of sp³-hybridized carbons (Fsp3) is 0. The van der Waals surface area contributed by atoms with Crippen molar-refractivity contribution < 1.29 is 30.0 Å². The first-order valence-electron chi connectivity index (χ1n) is 10.9. The van der Waals surface area contributed by atoms with Crippen LogP contribution in [0, 0.1) is 6.07 Å². The number of allylic oxidation sites excluding steroid dienone is 1. The van der Waals surface area contributed by atoms with Crippen LogP contribution in [0.25, 0.3) is 28.5 Å². The van der Waals surface area contributed by atoms with Gasteiger partial charge in [0.25, 0.3) is 0 Å². The van der Waals surface area contributed by atoms with Crippen LogP contribution in [0.5, 0.6) is 0 Å². The molecular weight excluding hydrogens is 629 g/mol. The van der Waals surface area contributed by atoms with E-state index in [2.05, 4.69) is 26.5 Å². The quantitative estimate of drug-likeness (QED) is 0.111. The van der Waals surface area contributed by atoms with Crippen LogP contribution < -0.4 is 0 Å². The Balaban J connectivity index is 0.000000196. The van der Waals surface area contributed by atoms with Gasteiger partial charge in [-0.2, -0.15) is 10.2 Å². The fourth-order valence-corrected chi connectivity index (χ4v) is 3.07. The van der Waals surface area contributed by atoms with Gasteiger partial charge < -0.3 is 5.11 Å². The zero-order valence-corrected chi connectivity index (χ0v) is 21.4. The molecule has 1 heterocycles. The monoisotopic (exact) mass is 650 g/mol. The van der Waals surface area contributed by atoms with Gasteiger partial charge in [-0.15, -0.1) is 46.1 Å². The van der Waals surface area contributed by atoms with Crippen LogP contribution in [-0.2, 0) is 20.1 Å². The Kier molecular flexibility index (Phi) is 9.89. The van der Waals surface area contributed by atoms with Crippen LogP contribution in [0.1, 0.15) is 15.9 Å². The van der Waals surface area contributed by atoms with E-state index in [0.717, 1.165) is 11.1 Å². The summed E-state index contributed by atoms with van der Waals surface area (Å²) in [5, 5.41) is 26.1. The van der Waals surface area contributed by atoms with Crippen molar-refractivity contribution in [3.8, 4) is 22.8 Å². The van der Waals surface area contributed by atoms with Gasteiger partial charge in [0.15, 0.2) is 5.78 Å². The summed E-state index contributed by atoms with van der Waals surface area (Å²) in [7, 11) is 0. The zero-order valence-electron chi connectivity index (χ0n) is 19.0. The molecule has 5 rings (SSSR count). The minimum atomic E-state index is -0.202. The van der Waals surface area contributed by atoms with E-state index in [-0.39, 0.29) is 31.6 Å². The second-order valence-corrected chi connectivity index (χ2v) is 7.32. The smallest absolute Gasteiger partial charge is 0.201 e. The third kappa shape index (κ3) is 7.34. The van der Waals surface area contributed by atoms with Gasteiger partial charge in [-0.3, -0.25) is 4.79 Å². The third-order valence-corrected chi connectivity index (χ3v) is 4.86. The number of hydrogen-bond donors (Lipinski definition) is 1. The number of carbonyl (C=O) groups is 1. The second-order valence-electron chi connectivity index (χ2n) is 7.32. The Morgan fingerprint density at radius 1 is 0.639 bits per heavy atom. The fourth-order valence-electron chi connectivity index (χ4n) is 3.07. The Labute approximate surface area is 222 Å². The number of aliphatic hydroxyl groups is 1. The molecule has 0 aliphatic heterocycles. The van der Waals surface area contributed by atoms with Gasteiger partial charge in [-0.1, -0.05) is 91.0 Å². The number of nitrogens with zero attached hydrogens (tertiary/aromatic N) is 4. The molecule has 4 aromatic carbocycles. The van der Waals surface area contributed by atoms with Crippen LogP contribution in [0.3, 0.4) is 0 Å². The average molecular weight is 650 g/mol. The molecule has 0 atom stereocenters. The largest absolute Gasteiger partial charge is 0.507 e. The molecular formula is C29H21IrN4O2-. The van der Waals surface area contributed by atoms with E-state index in [1.54, 1.807) is 36.4 Å². The van der Waals surface area contributed by atoms with Crippen molar-refractivity contribution in [3.05, 3.63) is 139 Å². The number of rotatable bonds is 5. The number of benzene rings is 4. The minimum Gasteiger partial charge on any atom is -0.507 e. The summed E-state index contributed by atoms with van der Waals surface area (Å²) in [6.45, 7) is 0. The van der Waals surface area contributed by atoms with Crippen LogP contribution in [-0.4, -0.2) is 31.3 Å². The van der Waals surface area contributed by atoms with E-state index in [1.807, 2.05) is 78.9 Å². The molecule has 0 unspecified atom stereocenters. The summed E-state index contributed by atoms with van der Waals surface area (Å²) in [6.07, 6.45) is 1.24. The van der Waals surface area contributed by atoms with Gasteiger partial charge in [0.05, 0.1) is 0 Å². The molecule has 0 spiro atoms. The van der Waals surface area contributed by atoms with E-state index in [9.17, 15) is 9.90 Å². The first-order valence-corrected chi connectivity index (χ1v) is 10.9. The molecule has 6 nitrogen and oxygen atoms in total. The van der Waals surface area contributed by atoms with Crippen LogP contribution >= 0.6 is 0 Å². The normalized spacial score (nSPS) is 10.4. The van der Waals surface area contributed by atoms with Crippen molar-refractivity contribution in [2.75, 3.05) is 0 Å². The average Bonchev–Trinajstić information content (AvgIpc) is 2.95. The first kappa shape index (κ1) is 26.3. The summed E-state index contributed by atoms with van der Waals surface area (Å²) < 4.78 is 0. The van der Waals surface area contributed by atoms with Gasteiger partial charge in [-0.05, 0) is 0 Å². The minimum absolute atomic E-state index is 0. The Morgan fingerprint density at radius 2 is 1.14 bits per heavy atom. The molecule has 0 saturated heterocycles.